The molecule has 1 aromatic heterocycles. The van der Waals surface area contributed by atoms with Gasteiger partial charge in [0.1, 0.15) is 5.82 Å². The first-order valence-electron chi connectivity index (χ1n) is 8.62. The van der Waals surface area contributed by atoms with Gasteiger partial charge in [-0.1, -0.05) is 19.1 Å². The molecule has 2 aromatic rings. The molecule has 1 saturated heterocycles. The van der Waals surface area contributed by atoms with E-state index in [0.717, 1.165) is 43.5 Å². The summed E-state index contributed by atoms with van der Waals surface area (Å²) in [5, 5.41) is 3.24. The van der Waals surface area contributed by atoms with Gasteiger partial charge in [0.25, 0.3) is 0 Å². The Morgan fingerprint density at radius 1 is 1.24 bits per heavy atom. The van der Waals surface area contributed by atoms with Crippen LogP contribution in [0, 0.1) is 12.8 Å². The van der Waals surface area contributed by atoms with Crippen molar-refractivity contribution in [2.45, 2.75) is 26.7 Å². The van der Waals surface area contributed by atoms with E-state index in [-0.39, 0.29) is 5.97 Å². The second-order valence-corrected chi connectivity index (χ2v) is 6.53. The van der Waals surface area contributed by atoms with Crippen LogP contribution >= 0.6 is 0 Å². The van der Waals surface area contributed by atoms with Crippen molar-refractivity contribution >= 4 is 23.4 Å². The molecular weight excluding hydrogens is 316 g/mol. The first-order valence-corrected chi connectivity index (χ1v) is 8.62. The molecule has 0 saturated carbocycles. The Labute approximate surface area is 148 Å². The van der Waals surface area contributed by atoms with Crippen molar-refractivity contribution in [2.24, 2.45) is 5.92 Å². The van der Waals surface area contributed by atoms with Crippen molar-refractivity contribution in [3.05, 3.63) is 41.6 Å². The van der Waals surface area contributed by atoms with E-state index in [1.54, 1.807) is 6.07 Å². The van der Waals surface area contributed by atoms with Crippen molar-refractivity contribution in [1.29, 1.82) is 0 Å². The monoisotopic (exact) mass is 340 g/mol. The first kappa shape index (κ1) is 17.2. The van der Waals surface area contributed by atoms with Crippen molar-refractivity contribution in [1.82, 2.24) is 9.97 Å². The molecule has 3 rings (SSSR count). The Hall–Kier alpha value is -2.63. The van der Waals surface area contributed by atoms with Gasteiger partial charge in [-0.05, 0) is 37.8 Å². The Kier molecular flexibility index (Phi) is 5.16. The number of methoxy groups -OCH3 is 1. The molecule has 2 heterocycles. The van der Waals surface area contributed by atoms with E-state index in [1.807, 2.05) is 31.2 Å². The number of ether oxygens (including phenoxy) is 1. The summed E-state index contributed by atoms with van der Waals surface area (Å²) >= 11 is 0. The van der Waals surface area contributed by atoms with Crippen molar-refractivity contribution in [2.75, 3.05) is 30.4 Å². The van der Waals surface area contributed by atoms with E-state index in [9.17, 15) is 4.79 Å². The molecule has 0 spiro atoms. The van der Waals surface area contributed by atoms with Crippen molar-refractivity contribution < 1.29 is 9.53 Å². The maximum Gasteiger partial charge on any atom is 0.339 e. The molecule has 0 radical (unpaired) electrons. The van der Waals surface area contributed by atoms with Crippen LogP contribution in [0.3, 0.4) is 0 Å². The quantitative estimate of drug-likeness (QED) is 0.859. The zero-order valence-corrected chi connectivity index (χ0v) is 15.0. The molecule has 0 aliphatic carbocycles. The van der Waals surface area contributed by atoms with Gasteiger partial charge < -0.3 is 15.0 Å². The molecule has 25 heavy (non-hydrogen) atoms. The number of anilines is 3. The molecule has 1 aliphatic heterocycles. The summed E-state index contributed by atoms with van der Waals surface area (Å²) in [5.74, 6) is 1.80. The first-order chi connectivity index (χ1) is 12.1. The SMILES string of the molecule is COC(=O)c1ccccc1Nc1cc(C)nc(N2CCC(C)CC2)n1. The molecule has 0 unspecified atom stereocenters. The van der Waals surface area contributed by atoms with Gasteiger partial charge in [0.2, 0.25) is 5.95 Å². The van der Waals surface area contributed by atoms with Crippen molar-refractivity contribution in [3.8, 4) is 0 Å². The lowest BCUT2D eigenvalue weighted by atomic mass is 10.00. The minimum absolute atomic E-state index is 0.376. The highest BCUT2D eigenvalue weighted by atomic mass is 16.5. The summed E-state index contributed by atoms with van der Waals surface area (Å²) < 4.78 is 4.85. The molecule has 0 atom stereocenters. The highest BCUT2D eigenvalue weighted by Crippen LogP contribution is 2.24. The maximum atomic E-state index is 11.9. The Morgan fingerprint density at radius 3 is 2.68 bits per heavy atom. The van der Waals surface area contributed by atoms with E-state index in [0.29, 0.717) is 17.1 Å². The van der Waals surface area contributed by atoms with Crippen LogP contribution in [0.1, 0.15) is 35.8 Å². The fourth-order valence-corrected chi connectivity index (χ4v) is 2.98. The maximum absolute atomic E-state index is 11.9. The number of rotatable bonds is 4. The van der Waals surface area contributed by atoms with Gasteiger partial charge in [-0.3, -0.25) is 0 Å². The number of carbonyl (C=O) groups is 1. The highest BCUT2D eigenvalue weighted by Gasteiger charge is 2.19. The Balaban J connectivity index is 1.85. The minimum Gasteiger partial charge on any atom is -0.465 e. The predicted octanol–water partition coefficient (Wildman–Crippen LogP) is 3.55. The van der Waals surface area contributed by atoms with Crippen LogP contribution in [0.25, 0.3) is 0 Å². The Bertz CT molecular complexity index is 755. The van der Waals surface area contributed by atoms with E-state index in [2.05, 4.69) is 27.1 Å². The average Bonchev–Trinajstić information content (AvgIpc) is 2.61. The van der Waals surface area contributed by atoms with Crippen LogP contribution in [0.15, 0.2) is 30.3 Å². The lowest BCUT2D eigenvalue weighted by Crippen LogP contribution is -2.34. The number of esters is 1. The van der Waals surface area contributed by atoms with Crippen LogP contribution in [-0.2, 0) is 4.74 Å². The molecule has 0 amide bonds. The fraction of sp³-hybridized carbons (Fsp3) is 0.421. The van der Waals surface area contributed by atoms with Gasteiger partial charge in [0, 0.05) is 24.8 Å². The van der Waals surface area contributed by atoms with Crippen LogP contribution in [0.4, 0.5) is 17.5 Å². The number of hydrogen-bond acceptors (Lipinski definition) is 6. The standard InChI is InChI=1S/C19H24N4O2/c1-13-8-10-23(11-9-13)19-20-14(2)12-17(22-19)21-16-7-5-4-6-15(16)18(24)25-3/h4-7,12-13H,8-11H2,1-3H3,(H,20,21,22). The number of para-hydroxylation sites is 1. The number of benzene rings is 1. The predicted molar refractivity (Wildman–Crippen MR) is 98.4 cm³/mol. The number of nitrogens with one attached hydrogen (secondary N) is 1. The number of hydrogen-bond donors (Lipinski definition) is 1. The molecule has 132 valence electrons. The van der Waals surface area contributed by atoms with Gasteiger partial charge in [0.15, 0.2) is 0 Å². The second-order valence-electron chi connectivity index (χ2n) is 6.53. The summed E-state index contributed by atoms with van der Waals surface area (Å²) in [6.45, 7) is 6.19. The average molecular weight is 340 g/mol. The zero-order valence-electron chi connectivity index (χ0n) is 15.0. The van der Waals surface area contributed by atoms with Crippen LogP contribution < -0.4 is 10.2 Å². The summed E-state index contributed by atoms with van der Waals surface area (Å²) in [5.41, 5.74) is 2.04. The van der Waals surface area contributed by atoms with Gasteiger partial charge in [0.05, 0.1) is 18.4 Å². The van der Waals surface area contributed by atoms with E-state index in [4.69, 9.17) is 4.74 Å². The van der Waals surface area contributed by atoms with Gasteiger partial charge >= 0.3 is 5.97 Å². The molecule has 1 aromatic carbocycles. The third-order valence-electron chi connectivity index (χ3n) is 4.50. The second kappa shape index (κ2) is 7.51. The lowest BCUT2D eigenvalue weighted by Gasteiger charge is -2.30. The smallest absolute Gasteiger partial charge is 0.339 e. The summed E-state index contributed by atoms with van der Waals surface area (Å²) in [4.78, 5) is 23.4. The molecule has 0 bridgehead atoms. The van der Waals surface area contributed by atoms with E-state index < -0.39 is 0 Å². The van der Waals surface area contributed by atoms with Crippen LogP contribution in [0.5, 0.6) is 0 Å². The van der Waals surface area contributed by atoms with Gasteiger partial charge in [-0.25, -0.2) is 9.78 Å². The minimum atomic E-state index is -0.376. The van der Waals surface area contributed by atoms with Gasteiger partial charge in [-0.2, -0.15) is 4.98 Å². The topological polar surface area (TPSA) is 67.3 Å². The summed E-state index contributed by atoms with van der Waals surface area (Å²) in [6, 6.07) is 9.13. The van der Waals surface area contributed by atoms with Crippen LogP contribution in [-0.4, -0.2) is 36.1 Å². The normalized spacial score (nSPS) is 15.1. The molecule has 1 fully saturated rings. The van der Waals surface area contributed by atoms with E-state index >= 15 is 0 Å². The summed E-state index contributed by atoms with van der Waals surface area (Å²) in [6.07, 6.45) is 2.32. The highest BCUT2D eigenvalue weighted by molar-refractivity contribution is 5.96. The molecule has 6 heteroatoms. The zero-order chi connectivity index (χ0) is 17.8. The number of piperidine rings is 1. The molecular formula is C19H24N4O2. The van der Waals surface area contributed by atoms with E-state index in [1.165, 1.54) is 7.11 Å². The van der Waals surface area contributed by atoms with Gasteiger partial charge in [-0.15, -0.1) is 0 Å². The fourth-order valence-electron chi connectivity index (χ4n) is 2.98. The van der Waals surface area contributed by atoms with Crippen molar-refractivity contribution in [3.63, 3.8) is 0 Å². The summed E-state index contributed by atoms with van der Waals surface area (Å²) in [7, 11) is 1.38. The molecule has 1 N–H and O–H groups in total. The Morgan fingerprint density at radius 2 is 1.96 bits per heavy atom. The third kappa shape index (κ3) is 4.07. The number of nitrogens with zero attached hydrogens (tertiary/aromatic N) is 3. The number of aromatic nitrogens is 2. The molecule has 1 aliphatic rings. The van der Waals surface area contributed by atoms with Crippen LogP contribution in [0.2, 0.25) is 0 Å². The largest absolute Gasteiger partial charge is 0.465 e. The number of aryl methyl sites for hydroxylation is 1. The molecule has 6 nitrogen and oxygen atoms in total. The lowest BCUT2D eigenvalue weighted by molar-refractivity contribution is 0.0602. The third-order valence-corrected chi connectivity index (χ3v) is 4.50. The number of carbonyl (C=O) groups excluding carboxylic acids is 1.